The van der Waals surface area contributed by atoms with Gasteiger partial charge in [0.05, 0.1) is 6.04 Å². The fourth-order valence-corrected chi connectivity index (χ4v) is 1.32. The van der Waals surface area contributed by atoms with Crippen LogP contribution in [0.15, 0.2) is 23.4 Å². The van der Waals surface area contributed by atoms with Crippen LogP contribution in [0.1, 0.15) is 18.1 Å². The smallest absolute Gasteiger partial charge is 0.170 e. The average Bonchev–Trinajstić information content (AvgIpc) is 2.35. The van der Waals surface area contributed by atoms with Gasteiger partial charge in [-0.2, -0.15) is 0 Å². The van der Waals surface area contributed by atoms with Crippen LogP contribution in [0.25, 0.3) is 0 Å². The van der Waals surface area contributed by atoms with Crippen LogP contribution in [-0.2, 0) is 6.54 Å². The third-order valence-corrected chi connectivity index (χ3v) is 2.30. The van der Waals surface area contributed by atoms with E-state index in [1.54, 1.807) is 6.07 Å². The largest absolute Gasteiger partial charge is 0.409 e. The molecule has 5 heteroatoms. The lowest BCUT2D eigenvalue weighted by Crippen LogP contribution is -2.26. The highest BCUT2D eigenvalue weighted by Gasteiger charge is 2.09. The number of benzene rings is 1. The summed E-state index contributed by atoms with van der Waals surface area (Å²) in [6.45, 7) is 2.24. The highest BCUT2D eigenvalue weighted by atomic mass is 19.1. The van der Waals surface area contributed by atoms with Gasteiger partial charge in [-0.3, -0.25) is 5.32 Å². The van der Waals surface area contributed by atoms with E-state index in [2.05, 4.69) is 16.4 Å². The zero-order chi connectivity index (χ0) is 12.8. The van der Waals surface area contributed by atoms with Gasteiger partial charge in [-0.15, -0.1) is 6.42 Å². The zero-order valence-corrected chi connectivity index (χ0v) is 9.44. The topological polar surface area (TPSA) is 70.6 Å². The number of oxime groups is 1. The molecule has 0 aliphatic carbocycles. The molecule has 4 N–H and O–H groups in total. The lowest BCUT2D eigenvalue weighted by Gasteiger charge is -2.11. The molecule has 0 saturated carbocycles. The zero-order valence-electron chi connectivity index (χ0n) is 9.44. The highest BCUT2D eigenvalue weighted by Crippen LogP contribution is 2.11. The summed E-state index contributed by atoms with van der Waals surface area (Å²) < 4.78 is 13.1. The predicted molar refractivity (Wildman–Crippen MR) is 64.0 cm³/mol. The van der Waals surface area contributed by atoms with E-state index >= 15 is 0 Å². The maximum absolute atomic E-state index is 13.1. The number of nitrogens with two attached hydrogens (primary N) is 1. The van der Waals surface area contributed by atoms with E-state index in [0.717, 1.165) is 0 Å². The molecule has 0 aliphatic rings. The first-order chi connectivity index (χ1) is 8.08. The minimum absolute atomic E-state index is 0.111. The number of nitrogens with zero attached hydrogens (tertiary/aromatic N) is 1. The summed E-state index contributed by atoms with van der Waals surface area (Å²) in [7, 11) is 0. The Bertz CT molecular complexity index is 465. The Morgan fingerprint density at radius 1 is 1.71 bits per heavy atom. The van der Waals surface area contributed by atoms with Crippen molar-refractivity contribution in [2.45, 2.75) is 19.5 Å². The van der Waals surface area contributed by atoms with Crippen molar-refractivity contribution in [3.63, 3.8) is 0 Å². The molecule has 4 nitrogen and oxygen atoms in total. The van der Waals surface area contributed by atoms with Crippen molar-refractivity contribution in [2.24, 2.45) is 10.9 Å². The average molecular weight is 235 g/mol. The van der Waals surface area contributed by atoms with E-state index in [1.807, 2.05) is 6.92 Å². The molecule has 0 spiro atoms. The SMILES string of the molecule is C#CC(C)NCc1ccc(F)cc1/C(N)=N/O. The van der Waals surface area contributed by atoms with Crippen LogP contribution in [0.3, 0.4) is 0 Å². The Labute approximate surface area is 99.3 Å². The van der Waals surface area contributed by atoms with Gasteiger partial charge in [-0.05, 0) is 24.6 Å². The number of nitrogens with one attached hydrogen (secondary N) is 1. The normalized spacial score (nSPS) is 13.1. The summed E-state index contributed by atoms with van der Waals surface area (Å²) in [6.07, 6.45) is 5.22. The standard InChI is InChI=1S/C12H14FN3O/c1-3-8(2)15-7-9-4-5-10(13)6-11(9)12(14)16-17/h1,4-6,8,15,17H,7H2,2H3,(H2,14,16). The van der Waals surface area contributed by atoms with Crippen molar-refractivity contribution in [2.75, 3.05) is 0 Å². The number of rotatable bonds is 4. The fourth-order valence-electron chi connectivity index (χ4n) is 1.32. The van der Waals surface area contributed by atoms with Crippen LogP contribution >= 0.6 is 0 Å². The molecule has 90 valence electrons. The number of hydrogen-bond donors (Lipinski definition) is 3. The van der Waals surface area contributed by atoms with Crippen LogP contribution in [0.4, 0.5) is 4.39 Å². The summed E-state index contributed by atoms with van der Waals surface area (Å²) in [5.41, 5.74) is 6.53. The van der Waals surface area contributed by atoms with Gasteiger partial charge in [-0.25, -0.2) is 4.39 Å². The second-order valence-corrected chi connectivity index (χ2v) is 3.56. The van der Waals surface area contributed by atoms with Crippen molar-refractivity contribution in [1.29, 1.82) is 0 Å². The number of amidine groups is 1. The van der Waals surface area contributed by atoms with Gasteiger partial charge in [-0.1, -0.05) is 17.1 Å². The minimum atomic E-state index is -0.444. The molecule has 1 unspecified atom stereocenters. The molecule has 1 aromatic carbocycles. The van der Waals surface area contributed by atoms with E-state index in [4.69, 9.17) is 17.4 Å². The molecule has 0 fully saturated rings. The predicted octanol–water partition coefficient (Wildman–Crippen LogP) is 1.03. The fraction of sp³-hybridized carbons (Fsp3) is 0.250. The Morgan fingerprint density at radius 3 is 3.00 bits per heavy atom. The number of terminal acetylenes is 1. The quantitative estimate of drug-likeness (QED) is 0.240. The first-order valence-electron chi connectivity index (χ1n) is 5.04. The van der Waals surface area contributed by atoms with Gasteiger partial charge < -0.3 is 10.9 Å². The third-order valence-electron chi connectivity index (χ3n) is 2.30. The van der Waals surface area contributed by atoms with Crippen molar-refractivity contribution in [3.05, 3.63) is 35.1 Å². The van der Waals surface area contributed by atoms with Gasteiger partial charge in [0.2, 0.25) is 0 Å². The highest BCUT2D eigenvalue weighted by molar-refractivity contribution is 5.98. The first kappa shape index (κ1) is 13.0. The van der Waals surface area contributed by atoms with Crippen molar-refractivity contribution in [1.82, 2.24) is 5.32 Å². The van der Waals surface area contributed by atoms with Gasteiger partial charge in [0.15, 0.2) is 5.84 Å². The summed E-state index contributed by atoms with van der Waals surface area (Å²) in [6, 6.07) is 3.98. The van der Waals surface area contributed by atoms with Gasteiger partial charge >= 0.3 is 0 Å². The Kier molecular flexibility index (Phi) is 4.49. The van der Waals surface area contributed by atoms with Crippen molar-refractivity contribution < 1.29 is 9.60 Å². The molecule has 1 aromatic rings. The molecule has 0 radical (unpaired) electrons. The molecule has 1 atom stereocenters. The molecular weight excluding hydrogens is 221 g/mol. The van der Waals surface area contributed by atoms with E-state index in [9.17, 15) is 4.39 Å². The second kappa shape index (κ2) is 5.87. The lowest BCUT2D eigenvalue weighted by molar-refractivity contribution is 0.318. The van der Waals surface area contributed by atoms with E-state index < -0.39 is 5.82 Å². The van der Waals surface area contributed by atoms with Crippen LogP contribution in [-0.4, -0.2) is 17.1 Å². The second-order valence-electron chi connectivity index (χ2n) is 3.56. The van der Waals surface area contributed by atoms with Crippen LogP contribution in [0.2, 0.25) is 0 Å². The maximum Gasteiger partial charge on any atom is 0.170 e. The first-order valence-corrected chi connectivity index (χ1v) is 5.04. The molecule has 0 heterocycles. The minimum Gasteiger partial charge on any atom is -0.409 e. The van der Waals surface area contributed by atoms with Gasteiger partial charge in [0.1, 0.15) is 5.82 Å². The monoisotopic (exact) mass is 235 g/mol. The summed E-state index contributed by atoms with van der Waals surface area (Å²) in [5.74, 6) is 1.94. The molecule has 0 aromatic heterocycles. The summed E-state index contributed by atoms with van der Waals surface area (Å²) in [4.78, 5) is 0. The molecule has 17 heavy (non-hydrogen) atoms. The molecule has 0 saturated heterocycles. The van der Waals surface area contributed by atoms with Crippen LogP contribution in [0.5, 0.6) is 0 Å². The number of halogens is 1. The molecule has 0 aliphatic heterocycles. The van der Waals surface area contributed by atoms with Crippen LogP contribution in [0, 0.1) is 18.2 Å². The Balaban J connectivity index is 2.95. The molecule has 0 amide bonds. The molecular formula is C12H14FN3O. The molecule has 1 rings (SSSR count). The Hall–Kier alpha value is -2.06. The third kappa shape index (κ3) is 3.47. The van der Waals surface area contributed by atoms with Crippen molar-refractivity contribution in [3.8, 4) is 12.3 Å². The number of hydrogen-bond acceptors (Lipinski definition) is 3. The maximum atomic E-state index is 13.1. The molecule has 0 bridgehead atoms. The lowest BCUT2D eigenvalue weighted by atomic mass is 10.1. The Morgan fingerprint density at radius 2 is 2.41 bits per heavy atom. The van der Waals surface area contributed by atoms with Crippen molar-refractivity contribution >= 4 is 5.84 Å². The summed E-state index contributed by atoms with van der Waals surface area (Å²) >= 11 is 0. The van der Waals surface area contributed by atoms with Gasteiger partial charge in [0.25, 0.3) is 0 Å². The van der Waals surface area contributed by atoms with Gasteiger partial charge in [0, 0.05) is 12.1 Å². The van der Waals surface area contributed by atoms with Crippen LogP contribution < -0.4 is 11.1 Å². The van der Waals surface area contributed by atoms with E-state index in [0.29, 0.717) is 17.7 Å². The van der Waals surface area contributed by atoms with E-state index in [1.165, 1.54) is 12.1 Å². The van der Waals surface area contributed by atoms with E-state index in [-0.39, 0.29) is 11.9 Å². The summed E-state index contributed by atoms with van der Waals surface area (Å²) in [5, 5.41) is 14.5.